The molecule has 0 aromatic carbocycles. The average molecular weight is 282 g/mol. The Balaban J connectivity index is 1.50. The molecule has 1 heterocycles. The summed E-state index contributed by atoms with van der Waals surface area (Å²) in [7, 11) is 0. The summed E-state index contributed by atoms with van der Waals surface area (Å²) in [5.74, 6) is 2.07. The van der Waals surface area contributed by atoms with E-state index in [1.165, 1.54) is 12.8 Å². The molecule has 1 aromatic heterocycles. The van der Waals surface area contributed by atoms with E-state index in [-0.39, 0.29) is 0 Å². The summed E-state index contributed by atoms with van der Waals surface area (Å²) in [6.45, 7) is 8.41. The fraction of sp³-hybridized carbons (Fsp3) is 0.857. The lowest BCUT2D eigenvalue weighted by atomic mass is 10.2. The molecule has 1 saturated carbocycles. The Kier molecular flexibility index (Phi) is 6.26. The summed E-state index contributed by atoms with van der Waals surface area (Å²) < 4.78 is 11.0. The van der Waals surface area contributed by atoms with Gasteiger partial charge in [0.05, 0.1) is 6.54 Å². The van der Waals surface area contributed by atoms with Gasteiger partial charge >= 0.3 is 6.01 Å². The molecule has 0 bridgehead atoms. The number of nitrogens with zero attached hydrogens (tertiary/aromatic N) is 2. The number of nitrogens with one attached hydrogen (secondary N) is 2. The van der Waals surface area contributed by atoms with Crippen LogP contribution in [0.1, 0.15) is 39.0 Å². The summed E-state index contributed by atoms with van der Waals surface area (Å²) in [5.41, 5.74) is 0. The molecule has 6 heteroatoms. The zero-order chi connectivity index (χ0) is 14.2. The van der Waals surface area contributed by atoms with Crippen molar-refractivity contribution in [2.45, 2.75) is 39.7 Å². The van der Waals surface area contributed by atoms with Gasteiger partial charge < -0.3 is 19.8 Å². The number of ether oxygens (including phenoxy) is 1. The molecule has 2 N–H and O–H groups in total. The Bertz CT molecular complexity index is 377. The van der Waals surface area contributed by atoms with Crippen LogP contribution in [0.15, 0.2) is 4.42 Å². The van der Waals surface area contributed by atoms with Crippen LogP contribution in [0.2, 0.25) is 0 Å². The smallest absolute Gasteiger partial charge is 0.315 e. The summed E-state index contributed by atoms with van der Waals surface area (Å²) in [6, 6.07) is 0.494. The van der Waals surface area contributed by atoms with E-state index in [0.717, 1.165) is 38.6 Å². The molecule has 0 atom stereocenters. The van der Waals surface area contributed by atoms with Crippen LogP contribution in [0.4, 0.5) is 6.01 Å². The normalized spacial score (nSPS) is 14.9. The molecule has 1 fully saturated rings. The molecule has 0 radical (unpaired) electrons. The zero-order valence-electron chi connectivity index (χ0n) is 12.5. The molecule has 0 spiro atoms. The maximum absolute atomic E-state index is 5.56. The Hall–Kier alpha value is -1.14. The highest BCUT2D eigenvalue weighted by Gasteiger charge is 2.20. The van der Waals surface area contributed by atoms with E-state index in [0.29, 0.717) is 24.4 Å². The fourth-order valence-corrected chi connectivity index (χ4v) is 1.77. The molecule has 20 heavy (non-hydrogen) atoms. The number of rotatable bonds is 11. The number of aromatic nitrogens is 2. The molecule has 114 valence electrons. The van der Waals surface area contributed by atoms with Crippen LogP contribution in [-0.4, -0.2) is 36.5 Å². The highest BCUT2D eigenvalue weighted by Crippen LogP contribution is 2.28. The topological polar surface area (TPSA) is 72.2 Å². The first-order valence-corrected chi connectivity index (χ1v) is 7.58. The third kappa shape index (κ3) is 6.34. The number of hydrogen-bond acceptors (Lipinski definition) is 6. The highest BCUT2D eigenvalue weighted by atomic mass is 16.5. The zero-order valence-corrected chi connectivity index (χ0v) is 12.5. The van der Waals surface area contributed by atoms with Gasteiger partial charge in [0.15, 0.2) is 0 Å². The van der Waals surface area contributed by atoms with Gasteiger partial charge in [-0.05, 0) is 37.6 Å². The van der Waals surface area contributed by atoms with Gasteiger partial charge in [0.25, 0.3) is 0 Å². The molecule has 1 aliphatic carbocycles. The van der Waals surface area contributed by atoms with Crippen LogP contribution in [-0.2, 0) is 11.3 Å². The minimum Gasteiger partial charge on any atom is -0.407 e. The van der Waals surface area contributed by atoms with Gasteiger partial charge in [-0.1, -0.05) is 18.9 Å². The molecule has 6 nitrogen and oxygen atoms in total. The van der Waals surface area contributed by atoms with Crippen LogP contribution in [0.5, 0.6) is 0 Å². The Morgan fingerprint density at radius 1 is 1.35 bits per heavy atom. The quantitative estimate of drug-likeness (QED) is 0.605. The van der Waals surface area contributed by atoms with Gasteiger partial charge in [0.2, 0.25) is 5.89 Å². The van der Waals surface area contributed by atoms with Crippen molar-refractivity contribution in [3.63, 3.8) is 0 Å². The Labute approximate surface area is 120 Å². The largest absolute Gasteiger partial charge is 0.407 e. The van der Waals surface area contributed by atoms with E-state index < -0.39 is 0 Å². The minimum atomic E-state index is 0.494. The number of anilines is 1. The van der Waals surface area contributed by atoms with Crippen LogP contribution >= 0.6 is 0 Å². The van der Waals surface area contributed by atoms with E-state index >= 15 is 0 Å². The molecule has 0 unspecified atom stereocenters. The van der Waals surface area contributed by atoms with Gasteiger partial charge in [-0.3, -0.25) is 0 Å². The predicted molar refractivity (Wildman–Crippen MR) is 77.5 cm³/mol. The van der Waals surface area contributed by atoms with E-state index in [9.17, 15) is 0 Å². The van der Waals surface area contributed by atoms with Crippen molar-refractivity contribution in [1.29, 1.82) is 0 Å². The first-order chi connectivity index (χ1) is 9.74. The van der Waals surface area contributed by atoms with Gasteiger partial charge in [-0.25, -0.2) is 0 Å². The summed E-state index contributed by atoms with van der Waals surface area (Å²) >= 11 is 0. The lowest BCUT2D eigenvalue weighted by Gasteiger charge is -2.04. The lowest BCUT2D eigenvalue weighted by Crippen LogP contribution is -2.19. The molecule has 0 amide bonds. The Morgan fingerprint density at radius 3 is 2.95 bits per heavy atom. The minimum absolute atomic E-state index is 0.494. The van der Waals surface area contributed by atoms with Gasteiger partial charge in [0, 0.05) is 19.8 Å². The van der Waals surface area contributed by atoms with Crippen molar-refractivity contribution in [3.8, 4) is 0 Å². The second-order valence-electron chi connectivity index (χ2n) is 5.82. The van der Waals surface area contributed by atoms with E-state index in [2.05, 4.69) is 34.7 Å². The molecule has 1 aliphatic rings. The molecule has 0 aliphatic heterocycles. The molecule has 1 aromatic rings. The molecular formula is C14H26N4O2. The first-order valence-electron chi connectivity index (χ1n) is 7.58. The van der Waals surface area contributed by atoms with Crippen LogP contribution < -0.4 is 10.6 Å². The second kappa shape index (κ2) is 8.21. The van der Waals surface area contributed by atoms with Crippen molar-refractivity contribution >= 4 is 6.01 Å². The first kappa shape index (κ1) is 15.3. The van der Waals surface area contributed by atoms with Crippen molar-refractivity contribution in [2.75, 3.05) is 31.6 Å². The van der Waals surface area contributed by atoms with Gasteiger partial charge in [-0.15, -0.1) is 5.10 Å². The SMILES string of the molecule is CC(C)CNCc1nnc(NCCCOCC2CC2)o1. The maximum Gasteiger partial charge on any atom is 0.315 e. The van der Waals surface area contributed by atoms with Gasteiger partial charge in [-0.2, -0.15) is 0 Å². The monoisotopic (exact) mass is 282 g/mol. The molecule has 2 rings (SSSR count). The van der Waals surface area contributed by atoms with Gasteiger partial charge in [0.1, 0.15) is 0 Å². The van der Waals surface area contributed by atoms with Crippen LogP contribution in [0.3, 0.4) is 0 Å². The van der Waals surface area contributed by atoms with E-state index in [4.69, 9.17) is 9.15 Å². The summed E-state index contributed by atoms with van der Waals surface area (Å²) in [5, 5.41) is 14.3. The lowest BCUT2D eigenvalue weighted by molar-refractivity contribution is 0.124. The average Bonchev–Trinajstić information content (AvgIpc) is 3.13. The van der Waals surface area contributed by atoms with E-state index in [1.54, 1.807) is 0 Å². The fourth-order valence-electron chi connectivity index (χ4n) is 1.77. The van der Waals surface area contributed by atoms with Crippen molar-refractivity contribution in [2.24, 2.45) is 11.8 Å². The van der Waals surface area contributed by atoms with Crippen molar-refractivity contribution in [1.82, 2.24) is 15.5 Å². The van der Waals surface area contributed by atoms with Crippen LogP contribution in [0, 0.1) is 11.8 Å². The summed E-state index contributed by atoms with van der Waals surface area (Å²) in [6.07, 6.45) is 3.64. The van der Waals surface area contributed by atoms with Crippen molar-refractivity contribution < 1.29 is 9.15 Å². The third-order valence-corrected chi connectivity index (χ3v) is 3.09. The highest BCUT2D eigenvalue weighted by molar-refractivity contribution is 5.16. The molecule has 0 saturated heterocycles. The standard InChI is InChI=1S/C14H26N4O2/c1-11(2)8-15-9-13-17-18-14(20-13)16-6-3-7-19-10-12-4-5-12/h11-12,15H,3-10H2,1-2H3,(H,16,18). The predicted octanol–water partition coefficient (Wildman–Crippen LogP) is 2.04. The summed E-state index contributed by atoms with van der Waals surface area (Å²) in [4.78, 5) is 0. The number of hydrogen-bond donors (Lipinski definition) is 2. The van der Waals surface area contributed by atoms with E-state index in [1.807, 2.05) is 0 Å². The Morgan fingerprint density at radius 2 is 2.20 bits per heavy atom. The second-order valence-corrected chi connectivity index (χ2v) is 5.82. The van der Waals surface area contributed by atoms with Crippen molar-refractivity contribution in [3.05, 3.63) is 5.89 Å². The van der Waals surface area contributed by atoms with Crippen LogP contribution in [0.25, 0.3) is 0 Å². The third-order valence-electron chi connectivity index (χ3n) is 3.09. The maximum atomic E-state index is 5.56. The molecular weight excluding hydrogens is 256 g/mol.